The fourth-order valence-electron chi connectivity index (χ4n) is 3.55. The highest BCUT2D eigenvalue weighted by Crippen LogP contribution is 2.39. The second kappa shape index (κ2) is 6.12. The highest BCUT2D eigenvalue weighted by molar-refractivity contribution is 5.79. The molecule has 0 radical (unpaired) electrons. The van der Waals surface area contributed by atoms with Crippen LogP contribution in [0.1, 0.15) is 50.1 Å². The number of ether oxygens (including phenoxy) is 1. The average Bonchev–Trinajstić information content (AvgIpc) is 2.80. The number of hydrogen-bond acceptors (Lipinski definition) is 3. The molecule has 0 amide bonds. The normalized spacial score (nSPS) is 20.1. The Morgan fingerprint density at radius 1 is 1.14 bits per heavy atom. The van der Waals surface area contributed by atoms with Crippen molar-refractivity contribution in [3.63, 3.8) is 0 Å². The Morgan fingerprint density at radius 3 is 2.62 bits per heavy atom. The molecule has 1 heterocycles. The van der Waals surface area contributed by atoms with E-state index in [1.165, 1.54) is 25.7 Å². The topological polar surface area (TPSA) is 48.1 Å². The fourth-order valence-corrected chi connectivity index (χ4v) is 3.55. The summed E-state index contributed by atoms with van der Waals surface area (Å²) in [6, 6.07) is 10.3. The zero-order valence-electron chi connectivity index (χ0n) is 12.7. The van der Waals surface area contributed by atoms with E-state index < -0.39 is 0 Å². The van der Waals surface area contributed by atoms with Crippen LogP contribution in [0.15, 0.2) is 36.5 Å². The van der Waals surface area contributed by atoms with E-state index in [9.17, 15) is 0 Å². The molecule has 0 aliphatic heterocycles. The van der Waals surface area contributed by atoms with Crippen LogP contribution in [0.25, 0.3) is 10.9 Å². The molecule has 1 aliphatic carbocycles. The van der Waals surface area contributed by atoms with Gasteiger partial charge in [0.1, 0.15) is 0 Å². The molecule has 1 aliphatic rings. The van der Waals surface area contributed by atoms with E-state index in [1.54, 1.807) is 0 Å². The van der Waals surface area contributed by atoms with Gasteiger partial charge in [-0.05, 0) is 30.5 Å². The Bertz CT molecular complexity index is 603. The van der Waals surface area contributed by atoms with Crippen LogP contribution in [0.2, 0.25) is 0 Å². The maximum atomic E-state index is 6.62. The smallest absolute Gasteiger partial charge is 0.0870 e. The first kappa shape index (κ1) is 14.5. The monoisotopic (exact) mass is 284 g/mol. The van der Waals surface area contributed by atoms with Gasteiger partial charge in [0.05, 0.1) is 17.2 Å². The lowest BCUT2D eigenvalue weighted by atomic mass is 9.82. The molecule has 1 unspecified atom stereocenters. The summed E-state index contributed by atoms with van der Waals surface area (Å²) in [5.41, 5.74) is 8.53. The third-order valence-electron chi connectivity index (χ3n) is 4.91. The van der Waals surface area contributed by atoms with Gasteiger partial charge in [0, 0.05) is 18.7 Å². The number of pyridine rings is 1. The van der Waals surface area contributed by atoms with E-state index in [-0.39, 0.29) is 11.6 Å². The van der Waals surface area contributed by atoms with Crippen LogP contribution in [0.4, 0.5) is 0 Å². The Morgan fingerprint density at radius 2 is 1.90 bits per heavy atom. The summed E-state index contributed by atoms with van der Waals surface area (Å²) in [7, 11) is 1.81. The van der Waals surface area contributed by atoms with Crippen molar-refractivity contribution in [1.82, 2.24) is 4.98 Å². The van der Waals surface area contributed by atoms with E-state index in [0.29, 0.717) is 0 Å². The van der Waals surface area contributed by atoms with Crippen LogP contribution in [0.5, 0.6) is 0 Å². The van der Waals surface area contributed by atoms with Gasteiger partial charge in [-0.25, -0.2) is 0 Å². The van der Waals surface area contributed by atoms with E-state index in [2.05, 4.69) is 29.2 Å². The highest BCUT2D eigenvalue weighted by atomic mass is 16.5. The number of benzene rings is 1. The molecule has 1 fully saturated rings. The Hall–Kier alpha value is -1.45. The standard InChI is InChI=1S/C18H24N2O/c1-21-18(10-4-2-3-5-11-18)17(19)15-9-8-14-7-6-12-20-16(14)13-15/h6-9,12-13,17H,2-5,10-11,19H2,1H3. The molecule has 112 valence electrons. The summed E-state index contributed by atoms with van der Waals surface area (Å²) in [6.07, 6.45) is 8.90. The van der Waals surface area contributed by atoms with Gasteiger partial charge in [0.15, 0.2) is 0 Å². The van der Waals surface area contributed by atoms with Gasteiger partial charge in [0.25, 0.3) is 0 Å². The van der Waals surface area contributed by atoms with Gasteiger partial charge >= 0.3 is 0 Å². The van der Waals surface area contributed by atoms with E-state index >= 15 is 0 Å². The minimum atomic E-state index is -0.223. The van der Waals surface area contributed by atoms with Gasteiger partial charge in [0.2, 0.25) is 0 Å². The van der Waals surface area contributed by atoms with Gasteiger partial charge in [-0.3, -0.25) is 4.98 Å². The molecule has 1 aromatic heterocycles. The predicted molar refractivity (Wildman–Crippen MR) is 86.1 cm³/mol. The number of methoxy groups -OCH3 is 1. The van der Waals surface area contributed by atoms with Gasteiger partial charge in [-0.1, -0.05) is 43.9 Å². The molecule has 3 nitrogen and oxygen atoms in total. The average molecular weight is 284 g/mol. The van der Waals surface area contributed by atoms with Gasteiger partial charge in [-0.15, -0.1) is 0 Å². The maximum absolute atomic E-state index is 6.62. The number of nitrogens with zero attached hydrogens (tertiary/aromatic N) is 1. The molecular weight excluding hydrogens is 260 g/mol. The third kappa shape index (κ3) is 2.81. The van der Waals surface area contributed by atoms with Crippen LogP contribution in [0.3, 0.4) is 0 Å². The molecule has 1 atom stereocenters. The Labute approximate surface area is 126 Å². The lowest BCUT2D eigenvalue weighted by Gasteiger charge is -2.37. The summed E-state index contributed by atoms with van der Waals surface area (Å²) >= 11 is 0. The van der Waals surface area contributed by atoms with Crippen molar-refractivity contribution in [2.45, 2.75) is 50.2 Å². The zero-order valence-corrected chi connectivity index (χ0v) is 12.7. The molecule has 3 heteroatoms. The van der Waals surface area contributed by atoms with Crippen molar-refractivity contribution in [2.75, 3.05) is 7.11 Å². The van der Waals surface area contributed by atoms with Crippen LogP contribution >= 0.6 is 0 Å². The minimum Gasteiger partial charge on any atom is -0.376 e. The number of aromatic nitrogens is 1. The third-order valence-corrected chi connectivity index (χ3v) is 4.91. The predicted octanol–water partition coefficient (Wildman–Crippen LogP) is 3.97. The van der Waals surface area contributed by atoms with Gasteiger partial charge in [-0.2, -0.15) is 0 Å². The largest absolute Gasteiger partial charge is 0.376 e. The van der Waals surface area contributed by atoms with Crippen molar-refractivity contribution in [2.24, 2.45) is 5.73 Å². The number of nitrogens with two attached hydrogens (primary N) is 1. The summed E-state index contributed by atoms with van der Waals surface area (Å²) in [5.74, 6) is 0. The summed E-state index contributed by atoms with van der Waals surface area (Å²) in [6.45, 7) is 0. The lowest BCUT2D eigenvalue weighted by Crippen LogP contribution is -2.42. The lowest BCUT2D eigenvalue weighted by molar-refractivity contribution is -0.0441. The first-order valence-electron chi connectivity index (χ1n) is 7.91. The maximum Gasteiger partial charge on any atom is 0.0870 e. The summed E-state index contributed by atoms with van der Waals surface area (Å²) < 4.78 is 5.94. The second-order valence-corrected chi connectivity index (χ2v) is 6.12. The minimum absolute atomic E-state index is 0.0907. The molecule has 2 N–H and O–H groups in total. The first-order valence-corrected chi connectivity index (χ1v) is 7.91. The Balaban J connectivity index is 1.95. The molecule has 0 bridgehead atoms. The van der Waals surface area contributed by atoms with Crippen LogP contribution in [0, 0.1) is 0 Å². The highest BCUT2D eigenvalue weighted by Gasteiger charge is 2.38. The van der Waals surface area contributed by atoms with Crippen LogP contribution in [-0.4, -0.2) is 17.7 Å². The molecular formula is C18H24N2O. The van der Waals surface area contributed by atoms with Crippen LogP contribution in [-0.2, 0) is 4.74 Å². The molecule has 2 aromatic rings. The number of hydrogen-bond donors (Lipinski definition) is 1. The number of rotatable bonds is 3. The molecule has 3 rings (SSSR count). The van der Waals surface area contributed by atoms with Crippen molar-refractivity contribution in [3.05, 3.63) is 42.1 Å². The fraction of sp³-hybridized carbons (Fsp3) is 0.500. The van der Waals surface area contributed by atoms with Crippen LogP contribution < -0.4 is 5.73 Å². The summed E-state index contributed by atoms with van der Waals surface area (Å²) in [4.78, 5) is 4.44. The molecule has 1 saturated carbocycles. The van der Waals surface area contributed by atoms with E-state index in [0.717, 1.165) is 29.3 Å². The number of fused-ring (bicyclic) bond motifs is 1. The molecule has 0 spiro atoms. The quantitative estimate of drug-likeness (QED) is 0.867. The van der Waals surface area contributed by atoms with Crippen molar-refractivity contribution in [3.8, 4) is 0 Å². The molecule has 21 heavy (non-hydrogen) atoms. The molecule has 0 saturated heterocycles. The molecule has 1 aromatic carbocycles. The van der Waals surface area contributed by atoms with Gasteiger partial charge < -0.3 is 10.5 Å². The van der Waals surface area contributed by atoms with E-state index in [1.807, 2.05) is 19.4 Å². The van der Waals surface area contributed by atoms with Crippen molar-refractivity contribution >= 4 is 10.9 Å². The van der Waals surface area contributed by atoms with E-state index in [4.69, 9.17) is 10.5 Å². The SMILES string of the molecule is COC1(C(N)c2ccc3cccnc3c2)CCCCCC1. The van der Waals surface area contributed by atoms with Crippen molar-refractivity contribution in [1.29, 1.82) is 0 Å². The second-order valence-electron chi connectivity index (χ2n) is 6.12. The first-order chi connectivity index (χ1) is 10.2. The zero-order chi connectivity index (χ0) is 14.7. The summed E-state index contributed by atoms with van der Waals surface area (Å²) in [5, 5.41) is 1.15. The Kier molecular flexibility index (Phi) is 4.22. The van der Waals surface area contributed by atoms with Crippen molar-refractivity contribution < 1.29 is 4.74 Å².